The molecule has 0 spiro atoms. The number of ether oxygens (including phenoxy) is 1. The highest BCUT2D eigenvalue weighted by Gasteiger charge is 2.23. The van der Waals surface area contributed by atoms with Gasteiger partial charge in [-0.2, -0.15) is 0 Å². The molecular formula is C32H34N2O3. The van der Waals surface area contributed by atoms with E-state index in [9.17, 15) is 4.79 Å². The van der Waals surface area contributed by atoms with E-state index in [1.54, 1.807) is 19.4 Å². The smallest absolute Gasteiger partial charge is 0.246 e. The molecule has 1 aliphatic rings. The van der Waals surface area contributed by atoms with Crippen molar-refractivity contribution in [1.82, 2.24) is 4.90 Å². The monoisotopic (exact) mass is 494 g/mol. The van der Waals surface area contributed by atoms with Gasteiger partial charge in [0.2, 0.25) is 5.91 Å². The van der Waals surface area contributed by atoms with Crippen molar-refractivity contribution < 1.29 is 13.9 Å². The molecule has 0 saturated carbocycles. The van der Waals surface area contributed by atoms with Crippen molar-refractivity contribution in [1.29, 1.82) is 0 Å². The Hall–Kier alpha value is -3.99. The highest BCUT2D eigenvalue weighted by atomic mass is 16.5. The topological polar surface area (TPSA) is 45.9 Å². The maximum Gasteiger partial charge on any atom is 0.246 e. The Balaban J connectivity index is 1.40. The molecule has 5 nitrogen and oxygen atoms in total. The molecule has 0 N–H and O–H groups in total. The molecule has 0 atom stereocenters. The maximum absolute atomic E-state index is 13.3. The SMILES string of the molecule is COc1c(/C(C)=C/C(=O)N2CCN(c3cc(C)ccc3C)CC2)cc2c(-c3ccccc3)coc2c1C. The highest BCUT2D eigenvalue weighted by molar-refractivity contribution is 6.01. The number of furan rings is 1. The van der Waals surface area contributed by atoms with Crippen LogP contribution in [-0.4, -0.2) is 44.1 Å². The minimum absolute atomic E-state index is 0.0355. The zero-order valence-corrected chi connectivity index (χ0v) is 22.3. The first-order chi connectivity index (χ1) is 17.9. The van der Waals surface area contributed by atoms with Gasteiger partial charge in [0.25, 0.3) is 0 Å². The van der Waals surface area contributed by atoms with E-state index in [-0.39, 0.29) is 5.91 Å². The van der Waals surface area contributed by atoms with Gasteiger partial charge in [0.05, 0.1) is 13.4 Å². The number of methoxy groups -OCH3 is 1. The molecule has 0 radical (unpaired) electrons. The lowest BCUT2D eigenvalue weighted by Crippen LogP contribution is -2.48. The summed E-state index contributed by atoms with van der Waals surface area (Å²) in [5, 5.41) is 1.02. The van der Waals surface area contributed by atoms with Crippen molar-refractivity contribution in [3.63, 3.8) is 0 Å². The number of allylic oxidation sites excluding steroid dienone is 1. The van der Waals surface area contributed by atoms with Crippen LogP contribution < -0.4 is 9.64 Å². The predicted molar refractivity (Wildman–Crippen MR) is 151 cm³/mol. The first-order valence-electron chi connectivity index (χ1n) is 12.8. The normalized spacial score (nSPS) is 14.4. The van der Waals surface area contributed by atoms with Crippen molar-refractivity contribution in [2.24, 2.45) is 0 Å². The molecule has 5 rings (SSSR count). The van der Waals surface area contributed by atoms with Crippen LogP contribution in [0.1, 0.15) is 29.2 Å². The summed E-state index contributed by atoms with van der Waals surface area (Å²) in [5.41, 5.74) is 9.44. The quantitative estimate of drug-likeness (QED) is 0.287. The average molecular weight is 495 g/mol. The van der Waals surface area contributed by atoms with Gasteiger partial charge in [0.15, 0.2) is 0 Å². The highest BCUT2D eigenvalue weighted by Crippen LogP contribution is 2.40. The molecule has 0 aliphatic carbocycles. The Kier molecular flexibility index (Phi) is 6.79. The summed E-state index contributed by atoms with van der Waals surface area (Å²) < 4.78 is 11.8. The summed E-state index contributed by atoms with van der Waals surface area (Å²) in [6.07, 6.45) is 3.55. The Morgan fingerprint density at radius 1 is 0.973 bits per heavy atom. The number of hydrogen-bond acceptors (Lipinski definition) is 4. The van der Waals surface area contributed by atoms with Crippen LogP contribution in [0.15, 0.2) is 71.4 Å². The fourth-order valence-corrected chi connectivity index (χ4v) is 5.30. The molecule has 1 saturated heterocycles. The number of aryl methyl sites for hydroxylation is 3. The maximum atomic E-state index is 13.3. The number of anilines is 1. The molecule has 2 heterocycles. The molecular weight excluding hydrogens is 460 g/mol. The van der Waals surface area contributed by atoms with Crippen molar-refractivity contribution in [2.75, 3.05) is 38.2 Å². The van der Waals surface area contributed by atoms with E-state index in [4.69, 9.17) is 9.15 Å². The van der Waals surface area contributed by atoms with Crippen molar-refractivity contribution in [3.8, 4) is 16.9 Å². The van der Waals surface area contributed by atoms with Crippen molar-refractivity contribution >= 4 is 28.1 Å². The van der Waals surface area contributed by atoms with Crippen LogP contribution in [0.4, 0.5) is 5.69 Å². The van der Waals surface area contributed by atoms with Crippen LogP contribution in [0, 0.1) is 20.8 Å². The zero-order chi connectivity index (χ0) is 26.1. The minimum atomic E-state index is 0.0355. The molecule has 1 fully saturated rings. The first-order valence-corrected chi connectivity index (χ1v) is 12.8. The molecule has 1 aliphatic heterocycles. The van der Waals surface area contributed by atoms with Gasteiger partial charge in [0, 0.05) is 60.0 Å². The fourth-order valence-electron chi connectivity index (χ4n) is 5.30. The van der Waals surface area contributed by atoms with E-state index in [0.29, 0.717) is 13.1 Å². The van der Waals surface area contributed by atoms with Gasteiger partial charge in [-0.25, -0.2) is 0 Å². The molecule has 5 heteroatoms. The third-order valence-corrected chi connectivity index (χ3v) is 7.39. The second-order valence-electron chi connectivity index (χ2n) is 9.90. The van der Waals surface area contributed by atoms with Gasteiger partial charge in [-0.15, -0.1) is 0 Å². The third-order valence-electron chi connectivity index (χ3n) is 7.39. The number of carbonyl (C=O) groups is 1. The Morgan fingerprint density at radius 3 is 2.41 bits per heavy atom. The van der Waals surface area contributed by atoms with Crippen LogP contribution >= 0.6 is 0 Å². The molecule has 37 heavy (non-hydrogen) atoms. The summed E-state index contributed by atoms with van der Waals surface area (Å²) in [6.45, 7) is 11.3. The fraction of sp³-hybridized carbons (Fsp3) is 0.281. The van der Waals surface area contributed by atoms with E-state index in [1.807, 2.05) is 36.9 Å². The van der Waals surface area contributed by atoms with Crippen LogP contribution in [0.25, 0.3) is 27.7 Å². The lowest BCUT2D eigenvalue weighted by molar-refractivity contribution is -0.126. The summed E-state index contributed by atoms with van der Waals surface area (Å²) >= 11 is 0. The largest absolute Gasteiger partial charge is 0.496 e. The molecule has 1 amide bonds. The molecule has 3 aromatic carbocycles. The van der Waals surface area contributed by atoms with Crippen LogP contribution in [-0.2, 0) is 4.79 Å². The van der Waals surface area contributed by atoms with E-state index in [1.165, 1.54) is 16.8 Å². The minimum Gasteiger partial charge on any atom is -0.496 e. The van der Waals surface area contributed by atoms with Crippen LogP contribution in [0.5, 0.6) is 5.75 Å². The van der Waals surface area contributed by atoms with E-state index in [0.717, 1.165) is 57.6 Å². The van der Waals surface area contributed by atoms with E-state index in [2.05, 4.69) is 55.1 Å². The van der Waals surface area contributed by atoms with Gasteiger partial charge >= 0.3 is 0 Å². The summed E-state index contributed by atoms with van der Waals surface area (Å²) in [6, 6.07) is 18.8. The van der Waals surface area contributed by atoms with E-state index >= 15 is 0 Å². The summed E-state index contributed by atoms with van der Waals surface area (Å²) in [4.78, 5) is 17.6. The number of benzene rings is 3. The zero-order valence-electron chi connectivity index (χ0n) is 22.3. The van der Waals surface area contributed by atoms with Gasteiger partial charge in [-0.3, -0.25) is 4.79 Å². The molecule has 0 bridgehead atoms. The molecule has 190 valence electrons. The Bertz CT molecular complexity index is 1480. The second kappa shape index (κ2) is 10.2. The number of rotatable bonds is 5. The van der Waals surface area contributed by atoms with Gasteiger partial charge in [-0.1, -0.05) is 42.5 Å². The van der Waals surface area contributed by atoms with Crippen molar-refractivity contribution in [2.45, 2.75) is 27.7 Å². The number of nitrogens with zero attached hydrogens (tertiary/aromatic N) is 2. The van der Waals surface area contributed by atoms with Gasteiger partial charge in [-0.05, 0) is 62.1 Å². The van der Waals surface area contributed by atoms with Crippen LogP contribution in [0.3, 0.4) is 0 Å². The first kappa shape index (κ1) is 24.7. The summed E-state index contributed by atoms with van der Waals surface area (Å²) in [7, 11) is 1.67. The number of fused-ring (bicyclic) bond motifs is 1. The molecule has 0 unspecified atom stereocenters. The summed E-state index contributed by atoms with van der Waals surface area (Å²) in [5.74, 6) is 0.774. The molecule has 1 aromatic heterocycles. The molecule has 4 aromatic rings. The lowest BCUT2D eigenvalue weighted by atomic mass is 9.96. The van der Waals surface area contributed by atoms with Gasteiger partial charge in [0.1, 0.15) is 11.3 Å². The van der Waals surface area contributed by atoms with E-state index < -0.39 is 0 Å². The third kappa shape index (κ3) is 4.74. The second-order valence-corrected chi connectivity index (χ2v) is 9.90. The Morgan fingerprint density at radius 2 is 1.70 bits per heavy atom. The van der Waals surface area contributed by atoms with Crippen molar-refractivity contribution in [3.05, 3.63) is 89.2 Å². The number of carbonyl (C=O) groups excluding carboxylic acids is 1. The number of hydrogen-bond donors (Lipinski definition) is 0. The number of piperazine rings is 1. The van der Waals surface area contributed by atoms with Gasteiger partial charge < -0.3 is 19.0 Å². The lowest BCUT2D eigenvalue weighted by Gasteiger charge is -2.36. The van der Waals surface area contributed by atoms with Crippen LogP contribution in [0.2, 0.25) is 0 Å². The average Bonchev–Trinajstić information content (AvgIpc) is 3.35. The standard InChI is InChI=1S/C32H34N2O3/c1-21-11-12-22(2)29(17-21)33-13-15-34(16-14-33)30(35)18-23(3)26-19-27-28(25-9-7-6-8-10-25)20-37-32(27)24(4)31(26)36-5/h6-12,17-20H,13-16H2,1-5H3/b23-18+. The number of amides is 1. The predicted octanol–water partition coefficient (Wildman–Crippen LogP) is 6.79. The Labute approximate surface area is 219 Å².